The minimum Gasteiger partial charge on any atom is -0.466 e. The van der Waals surface area contributed by atoms with Gasteiger partial charge in [0, 0.05) is 54.4 Å². The molecule has 6 rings (SSSR count). The number of amides is 1. The number of halogens is 1. The Balaban J connectivity index is 1.30. The van der Waals surface area contributed by atoms with Crippen LogP contribution in [-0.2, 0) is 4.79 Å². The SMILES string of the molecule is CC1=Nc2ccnn2C(c2occ3ccccc23)C1C(=O)N1CCN(c2ccc(F)cc2)CC1. The van der Waals surface area contributed by atoms with Crippen LogP contribution in [0.4, 0.5) is 15.9 Å². The van der Waals surface area contributed by atoms with E-state index in [0.717, 1.165) is 27.9 Å². The number of hydrogen-bond acceptors (Lipinski definition) is 5. The lowest BCUT2D eigenvalue weighted by molar-refractivity contribution is -0.134. The van der Waals surface area contributed by atoms with Crippen LogP contribution in [0.25, 0.3) is 10.8 Å². The van der Waals surface area contributed by atoms with Gasteiger partial charge in [0.25, 0.3) is 0 Å². The number of carbonyl (C=O) groups is 1. The molecule has 0 radical (unpaired) electrons. The van der Waals surface area contributed by atoms with Gasteiger partial charge in [0.2, 0.25) is 5.91 Å². The predicted molar refractivity (Wildman–Crippen MR) is 128 cm³/mol. The number of aromatic nitrogens is 2. The Morgan fingerprint density at radius 3 is 2.59 bits per heavy atom. The van der Waals surface area contributed by atoms with Crippen LogP contribution in [0.5, 0.6) is 0 Å². The fraction of sp³-hybridized carbons (Fsp3) is 0.269. The van der Waals surface area contributed by atoms with E-state index < -0.39 is 12.0 Å². The highest BCUT2D eigenvalue weighted by molar-refractivity contribution is 6.06. The summed E-state index contributed by atoms with van der Waals surface area (Å²) in [6, 6.07) is 15.9. The van der Waals surface area contributed by atoms with E-state index in [0.29, 0.717) is 32.0 Å². The summed E-state index contributed by atoms with van der Waals surface area (Å²) in [5, 5.41) is 6.48. The Hall–Kier alpha value is -3.94. The number of hydrogen-bond donors (Lipinski definition) is 0. The van der Waals surface area contributed by atoms with Gasteiger partial charge in [0.05, 0.1) is 12.5 Å². The number of benzene rings is 2. The highest BCUT2D eigenvalue weighted by Gasteiger charge is 2.43. The zero-order chi connectivity index (χ0) is 23.2. The molecule has 2 aliphatic heterocycles. The number of anilines is 1. The zero-order valence-electron chi connectivity index (χ0n) is 18.8. The van der Waals surface area contributed by atoms with E-state index in [1.807, 2.05) is 42.2 Å². The normalized spacial score (nSPS) is 20.4. The summed E-state index contributed by atoms with van der Waals surface area (Å²) in [6.07, 6.45) is 3.44. The number of fused-ring (bicyclic) bond motifs is 2. The van der Waals surface area contributed by atoms with Crippen LogP contribution in [-0.4, -0.2) is 52.5 Å². The molecular formula is C26H24FN5O2. The highest BCUT2D eigenvalue weighted by atomic mass is 19.1. The largest absolute Gasteiger partial charge is 0.466 e. The molecule has 1 amide bonds. The number of nitrogens with zero attached hydrogens (tertiary/aromatic N) is 5. The second kappa shape index (κ2) is 8.13. The lowest BCUT2D eigenvalue weighted by Crippen LogP contribution is -2.53. The lowest BCUT2D eigenvalue weighted by Gasteiger charge is -2.39. The van der Waals surface area contributed by atoms with Crippen molar-refractivity contribution in [2.45, 2.75) is 13.0 Å². The average molecular weight is 458 g/mol. The number of carbonyl (C=O) groups excluding carboxylic acids is 1. The molecule has 1 saturated heterocycles. The lowest BCUT2D eigenvalue weighted by atomic mass is 9.88. The molecule has 8 heteroatoms. The number of rotatable bonds is 3. The summed E-state index contributed by atoms with van der Waals surface area (Å²) in [6.45, 7) is 4.43. The van der Waals surface area contributed by atoms with Gasteiger partial charge in [0.15, 0.2) is 5.82 Å². The van der Waals surface area contributed by atoms with E-state index >= 15 is 0 Å². The molecule has 2 aromatic carbocycles. The minimum absolute atomic E-state index is 0.0200. The van der Waals surface area contributed by atoms with Gasteiger partial charge in [-0.05, 0) is 31.2 Å². The van der Waals surface area contributed by atoms with E-state index in [1.54, 1.807) is 29.3 Å². The maximum Gasteiger partial charge on any atom is 0.234 e. The molecule has 0 aliphatic carbocycles. The molecule has 2 aliphatic rings. The van der Waals surface area contributed by atoms with E-state index in [1.165, 1.54) is 12.1 Å². The van der Waals surface area contributed by atoms with Crippen LogP contribution in [0.1, 0.15) is 18.7 Å². The standard InChI is InChI=1S/C26H24FN5O2/c1-17-23(26(33)31-14-12-30(13-15-31)20-8-6-19(27)7-9-20)24(32-22(29-17)10-11-28-32)25-21-5-3-2-4-18(21)16-34-25/h2-11,16,23-24H,12-15H2,1H3. The monoisotopic (exact) mass is 457 g/mol. The molecule has 172 valence electrons. The summed E-state index contributed by atoms with van der Waals surface area (Å²) < 4.78 is 21.2. The van der Waals surface area contributed by atoms with Crippen molar-refractivity contribution in [3.8, 4) is 0 Å². The Bertz CT molecular complexity index is 1380. The van der Waals surface area contributed by atoms with Gasteiger partial charge in [-0.1, -0.05) is 24.3 Å². The smallest absolute Gasteiger partial charge is 0.234 e. The van der Waals surface area contributed by atoms with E-state index in [-0.39, 0.29) is 11.7 Å². The number of furan rings is 1. The second-order valence-corrected chi connectivity index (χ2v) is 8.79. The van der Waals surface area contributed by atoms with Crippen molar-refractivity contribution >= 4 is 33.9 Å². The fourth-order valence-electron chi connectivity index (χ4n) is 5.08. The fourth-order valence-corrected chi connectivity index (χ4v) is 5.08. The van der Waals surface area contributed by atoms with Gasteiger partial charge >= 0.3 is 0 Å². The van der Waals surface area contributed by atoms with Crippen LogP contribution >= 0.6 is 0 Å². The van der Waals surface area contributed by atoms with Crippen LogP contribution < -0.4 is 4.90 Å². The predicted octanol–water partition coefficient (Wildman–Crippen LogP) is 4.43. The first kappa shape index (κ1) is 20.7. The molecule has 34 heavy (non-hydrogen) atoms. The van der Waals surface area contributed by atoms with E-state index in [2.05, 4.69) is 10.00 Å². The van der Waals surface area contributed by atoms with Crippen molar-refractivity contribution in [1.82, 2.24) is 14.7 Å². The number of aliphatic imine (C=N–C) groups is 1. The minimum atomic E-state index is -0.515. The zero-order valence-corrected chi connectivity index (χ0v) is 18.8. The first-order valence-corrected chi connectivity index (χ1v) is 11.4. The van der Waals surface area contributed by atoms with E-state index in [9.17, 15) is 9.18 Å². The van der Waals surface area contributed by atoms with Crippen molar-refractivity contribution in [2.24, 2.45) is 10.9 Å². The van der Waals surface area contributed by atoms with Crippen molar-refractivity contribution < 1.29 is 13.6 Å². The number of piperazine rings is 1. The summed E-state index contributed by atoms with van der Waals surface area (Å²) in [4.78, 5) is 22.7. The molecule has 0 N–H and O–H groups in total. The van der Waals surface area contributed by atoms with Gasteiger partial charge in [-0.25, -0.2) is 14.1 Å². The third-order valence-corrected chi connectivity index (χ3v) is 6.83. The molecule has 4 aromatic rings. The third-order valence-electron chi connectivity index (χ3n) is 6.83. The van der Waals surface area contributed by atoms with Crippen LogP contribution in [0.3, 0.4) is 0 Å². The summed E-state index contributed by atoms with van der Waals surface area (Å²) in [5.41, 5.74) is 1.72. The van der Waals surface area contributed by atoms with Crippen molar-refractivity contribution in [1.29, 1.82) is 0 Å². The summed E-state index contributed by atoms with van der Waals surface area (Å²) in [5.74, 6) is 0.691. The molecule has 2 unspecified atom stereocenters. The summed E-state index contributed by atoms with van der Waals surface area (Å²) >= 11 is 0. The summed E-state index contributed by atoms with van der Waals surface area (Å²) in [7, 11) is 0. The maximum absolute atomic E-state index is 13.9. The van der Waals surface area contributed by atoms with Crippen molar-refractivity contribution in [3.63, 3.8) is 0 Å². The molecule has 2 atom stereocenters. The molecule has 2 aromatic heterocycles. The van der Waals surface area contributed by atoms with Gasteiger partial charge in [0.1, 0.15) is 23.5 Å². The van der Waals surface area contributed by atoms with Crippen molar-refractivity contribution in [2.75, 3.05) is 31.1 Å². The average Bonchev–Trinajstić information content (AvgIpc) is 3.50. The molecule has 4 heterocycles. The Kier molecular flexibility index (Phi) is 4.94. The van der Waals surface area contributed by atoms with Gasteiger partial charge in [-0.2, -0.15) is 5.10 Å². The molecule has 0 spiro atoms. The van der Waals surface area contributed by atoms with Gasteiger partial charge in [-0.3, -0.25) is 4.79 Å². The Morgan fingerprint density at radius 1 is 1.03 bits per heavy atom. The topological polar surface area (TPSA) is 66.9 Å². The Labute approximate surface area is 196 Å². The second-order valence-electron chi connectivity index (χ2n) is 8.79. The van der Waals surface area contributed by atoms with Crippen molar-refractivity contribution in [3.05, 3.63) is 78.6 Å². The molecule has 1 fully saturated rings. The van der Waals surface area contributed by atoms with Crippen LogP contribution in [0.2, 0.25) is 0 Å². The van der Waals surface area contributed by atoms with Crippen LogP contribution in [0.15, 0.2) is 76.5 Å². The molecule has 0 saturated carbocycles. The first-order chi connectivity index (χ1) is 16.6. The third kappa shape index (κ3) is 3.37. The molecule has 0 bridgehead atoms. The highest BCUT2D eigenvalue weighted by Crippen LogP contribution is 2.40. The molecule has 7 nitrogen and oxygen atoms in total. The van der Waals surface area contributed by atoms with Crippen LogP contribution in [0, 0.1) is 11.7 Å². The quantitative estimate of drug-likeness (QED) is 0.457. The van der Waals surface area contributed by atoms with Gasteiger partial charge in [-0.15, -0.1) is 0 Å². The molecular weight excluding hydrogens is 433 g/mol. The van der Waals surface area contributed by atoms with E-state index in [4.69, 9.17) is 9.41 Å². The van der Waals surface area contributed by atoms with Gasteiger partial charge < -0.3 is 14.2 Å². The Morgan fingerprint density at radius 2 is 1.79 bits per heavy atom. The maximum atomic E-state index is 13.9. The first-order valence-electron chi connectivity index (χ1n) is 11.4.